The quantitative estimate of drug-likeness (QED) is 0.622. The molecule has 29 heavy (non-hydrogen) atoms. The molecule has 2 aromatic rings. The van der Waals surface area contributed by atoms with Crippen LogP contribution in [0.25, 0.3) is 5.57 Å². The number of amides is 2. The van der Waals surface area contributed by atoms with Crippen molar-refractivity contribution >= 4 is 46.5 Å². The van der Waals surface area contributed by atoms with Crippen LogP contribution in [-0.4, -0.2) is 65.2 Å². The topological polar surface area (TPSA) is 130 Å². The van der Waals surface area contributed by atoms with Gasteiger partial charge in [-0.05, 0) is 21.9 Å². The second-order valence-corrected chi connectivity index (χ2v) is 8.59. The normalized spacial score (nSPS) is 20.9. The van der Waals surface area contributed by atoms with Crippen LogP contribution in [0.4, 0.5) is 0 Å². The number of thioether (sulfide) groups is 1. The number of carbonyl (C=O) groups is 3. The van der Waals surface area contributed by atoms with Crippen molar-refractivity contribution in [2.45, 2.75) is 17.8 Å². The molecule has 10 nitrogen and oxygen atoms in total. The number of fused-ring (bicyclic) bond motifs is 1. The lowest BCUT2D eigenvalue weighted by molar-refractivity contribution is -0.150. The van der Waals surface area contributed by atoms with Crippen LogP contribution in [0.15, 0.2) is 35.4 Å². The number of thiophene rings is 1. The van der Waals surface area contributed by atoms with E-state index in [2.05, 4.69) is 27.4 Å². The predicted octanol–water partition coefficient (Wildman–Crippen LogP) is 0.266. The number of β-lactam (4-membered cyclic amide) rings is 1. The highest BCUT2D eigenvalue weighted by atomic mass is 32.2. The molecule has 2 N–H and O–H groups in total. The van der Waals surface area contributed by atoms with E-state index >= 15 is 0 Å². The maximum absolute atomic E-state index is 12.7. The van der Waals surface area contributed by atoms with E-state index < -0.39 is 23.3 Å². The molecule has 12 heteroatoms. The van der Waals surface area contributed by atoms with E-state index in [1.54, 1.807) is 7.05 Å². The van der Waals surface area contributed by atoms with Crippen LogP contribution in [0.2, 0.25) is 0 Å². The molecule has 0 aliphatic carbocycles. The number of aryl methyl sites for hydroxylation is 1. The van der Waals surface area contributed by atoms with Gasteiger partial charge in [0.2, 0.25) is 5.91 Å². The minimum Gasteiger partial charge on any atom is -0.477 e. The summed E-state index contributed by atoms with van der Waals surface area (Å²) in [4.78, 5) is 39.0. The first-order valence-corrected chi connectivity index (χ1v) is 10.5. The Morgan fingerprint density at radius 3 is 2.86 bits per heavy atom. The molecular weight excluding hydrogens is 416 g/mol. The summed E-state index contributed by atoms with van der Waals surface area (Å²) >= 11 is 2.83. The molecule has 2 aliphatic heterocycles. The molecule has 2 amide bonds. The zero-order valence-electron chi connectivity index (χ0n) is 15.2. The van der Waals surface area contributed by atoms with Crippen LogP contribution in [-0.2, 0) is 27.9 Å². The number of hydrogen-bond donors (Lipinski definition) is 2. The zero-order valence-corrected chi connectivity index (χ0v) is 16.9. The maximum Gasteiger partial charge on any atom is 0.352 e. The maximum atomic E-state index is 12.7. The number of hydrogen-bond acceptors (Lipinski definition) is 8. The average molecular weight is 432 g/mol. The van der Waals surface area contributed by atoms with Gasteiger partial charge >= 0.3 is 5.97 Å². The molecule has 4 heterocycles. The van der Waals surface area contributed by atoms with Crippen LogP contribution in [0.5, 0.6) is 0 Å². The number of rotatable bonds is 6. The Kier molecular flexibility index (Phi) is 4.96. The molecule has 2 aliphatic rings. The lowest BCUT2D eigenvalue weighted by atomic mass is 9.99. The van der Waals surface area contributed by atoms with Gasteiger partial charge in [-0.15, -0.1) is 28.2 Å². The Bertz CT molecular complexity index is 1040. The van der Waals surface area contributed by atoms with E-state index in [-0.39, 0.29) is 18.0 Å². The van der Waals surface area contributed by atoms with Crippen molar-refractivity contribution < 1.29 is 19.5 Å². The largest absolute Gasteiger partial charge is 0.477 e. The van der Waals surface area contributed by atoms with Gasteiger partial charge in [0.15, 0.2) is 5.82 Å². The van der Waals surface area contributed by atoms with Gasteiger partial charge in [0.05, 0.1) is 6.42 Å². The summed E-state index contributed by atoms with van der Waals surface area (Å²) in [7, 11) is 1.62. The second kappa shape index (κ2) is 7.44. The van der Waals surface area contributed by atoms with E-state index in [1.165, 1.54) is 32.7 Å². The number of allylic oxidation sites excluding steroid dienone is 1. The minimum atomic E-state index is -1.24. The minimum absolute atomic E-state index is 0.143. The molecular formula is C17H16N6O4S2. The fourth-order valence-electron chi connectivity index (χ4n) is 3.27. The fraction of sp³-hybridized carbons (Fsp3) is 0.294. The Labute approximate surface area is 173 Å². The third kappa shape index (κ3) is 3.34. The lowest BCUT2D eigenvalue weighted by Gasteiger charge is -2.49. The molecule has 0 saturated carbocycles. The first-order valence-electron chi connectivity index (χ1n) is 8.53. The number of aromatic nitrogens is 4. The molecule has 0 spiro atoms. The van der Waals surface area contributed by atoms with Crippen molar-refractivity contribution in [1.82, 2.24) is 30.4 Å². The highest BCUT2D eigenvalue weighted by Gasteiger charge is 2.54. The van der Waals surface area contributed by atoms with Crippen molar-refractivity contribution in [2.75, 3.05) is 5.75 Å². The molecule has 4 rings (SSSR count). The summed E-state index contributed by atoms with van der Waals surface area (Å²) in [6.45, 7) is 3.93. The van der Waals surface area contributed by atoms with Gasteiger partial charge < -0.3 is 10.4 Å². The fourth-order valence-corrected chi connectivity index (χ4v) is 5.35. The third-order valence-electron chi connectivity index (χ3n) is 4.66. The summed E-state index contributed by atoms with van der Waals surface area (Å²) < 4.78 is 1.39. The summed E-state index contributed by atoms with van der Waals surface area (Å²) in [5, 5.41) is 25.0. The van der Waals surface area contributed by atoms with E-state index in [1.807, 2.05) is 17.5 Å². The van der Waals surface area contributed by atoms with Crippen molar-refractivity contribution in [2.24, 2.45) is 7.05 Å². The number of carboxylic acid groups (broad SMARTS) is 1. The zero-order chi connectivity index (χ0) is 20.7. The van der Waals surface area contributed by atoms with Crippen molar-refractivity contribution in [3.8, 4) is 0 Å². The summed E-state index contributed by atoms with van der Waals surface area (Å²) in [5.41, 5.74) is 0.586. The molecule has 2 aromatic heterocycles. The third-order valence-corrected chi connectivity index (χ3v) is 6.81. The molecule has 1 fully saturated rings. The lowest BCUT2D eigenvalue weighted by Crippen LogP contribution is -2.70. The summed E-state index contributed by atoms with van der Waals surface area (Å²) in [6, 6.07) is 2.94. The van der Waals surface area contributed by atoms with Crippen LogP contribution in [0.1, 0.15) is 10.7 Å². The smallest absolute Gasteiger partial charge is 0.352 e. The van der Waals surface area contributed by atoms with Gasteiger partial charge in [0, 0.05) is 28.8 Å². The van der Waals surface area contributed by atoms with Crippen molar-refractivity contribution in [3.63, 3.8) is 0 Å². The molecule has 2 atom stereocenters. The summed E-state index contributed by atoms with van der Waals surface area (Å²) in [6.07, 6.45) is 0.182. The SMILES string of the molecule is C=C(C1=C(C(=O)O)N2C(=O)C(NC(=O)Cc3cccs3)[C@H]2SC1)c1nnnn1C. The molecule has 0 radical (unpaired) electrons. The van der Waals surface area contributed by atoms with Crippen LogP contribution in [0.3, 0.4) is 0 Å². The van der Waals surface area contributed by atoms with Gasteiger partial charge in [0.1, 0.15) is 17.1 Å². The van der Waals surface area contributed by atoms with Gasteiger partial charge in [0.25, 0.3) is 5.91 Å². The van der Waals surface area contributed by atoms with Gasteiger partial charge in [-0.3, -0.25) is 14.5 Å². The summed E-state index contributed by atoms with van der Waals surface area (Å²) in [5.74, 6) is -1.34. The number of carbonyl (C=O) groups excluding carboxylic acids is 2. The standard InChI is InChI=1S/C17H16N6O4S2/c1-8(14-19-20-21-22(14)2)10-7-29-16-12(15(25)23(16)13(10)17(26)27)18-11(24)6-9-4-3-5-28-9/h3-5,12,16H,1,6-7H2,2H3,(H,18,24)(H,26,27)/t12?,16-/m1/s1. The number of tetrazole rings is 1. The molecule has 150 valence electrons. The first kappa shape index (κ1) is 19.3. The van der Waals surface area contributed by atoms with E-state index in [0.717, 1.165) is 4.88 Å². The number of nitrogens with one attached hydrogen (secondary N) is 1. The Morgan fingerprint density at radius 2 is 2.24 bits per heavy atom. The van der Waals surface area contributed by atoms with E-state index in [9.17, 15) is 19.5 Å². The van der Waals surface area contributed by atoms with Gasteiger partial charge in [-0.2, -0.15) is 0 Å². The Balaban J connectivity index is 1.55. The van der Waals surface area contributed by atoms with Crippen molar-refractivity contribution in [3.05, 3.63) is 46.1 Å². The second-order valence-electron chi connectivity index (χ2n) is 6.45. The number of aliphatic carboxylic acids is 1. The van der Waals surface area contributed by atoms with Crippen LogP contribution in [0, 0.1) is 0 Å². The van der Waals surface area contributed by atoms with Crippen molar-refractivity contribution in [1.29, 1.82) is 0 Å². The van der Waals surface area contributed by atoms with Gasteiger partial charge in [-0.25, -0.2) is 9.48 Å². The number of nitrogens with zero attached hydrogens (tertiary/aromatic N) is 5. The first-order chi connectivity index (χ1) is 13.9. The number of carboxylic acids is 1. The van der Waals surface area contributed by atoms with E-state index in [0.29, 0.717) is 22.7 Å². The van der Waals surface area contributed by atoms with Crippen LogP contribution < -0.4 is 5.32 Å². The highest BCUT2D eigenvalue weighted by Crippen LogP contribution is 2.43. The highest BCUT2D eigenvalue weighted by molar-refractivity contribution is 8.00. The van der Waals surface area contributed by atoms with Crippen LogP contribution >= 0.6 is 23.1 Å². The Morgan fingerprint density at radius 1 is 1.45 bits per heavy atom. The monoisotopic (exact) mass is 432 g/mol. The molecule has 1 unspecified atom stereocenters. The molecule has 0 aromatic carbocycles. The molecule has 0 bridgehead atoms. The average Bonchev–Trinajstić information content (AvgIpc) is 3.35. The molecule has 1 saturated heterocycles. The Hall–Kier alpha value is -2.99. The van der Waals surface area contributed by atoms with E-state index in [4.69, 9.17) is 0 Å². The van der Waals surface area contributed by atoms with Gasteiger partial charge in [-0.1, -0.05) is 12.6 Å². The predicted molar refractivity (Wildman–Crippen MR) is 106 cm³/mol.